The second-order valence-corrected chi connectivity index (χ2v) is 8.07. The zero-order valence-corrected chi connectivity index (χ0v) is 17.9. The molecule has 2 aromatic rings. The normalized spacial score (nSPS) is 16.7. The van der Waals surface area contributed by atoms with Gasteiger partial charge in [-0.05, 0) is 51.4 Å². The molecule has 1 amide bonds. The maximum atomic E-state index is 13.0. The van der Waals surface area contributed by atoms with Crippen molar-refractivity contribution in [2.75, 3.05) is 19.6 Å². The molecular weight excluding hydrogens is 425 g/mol. The number of aryl methyl sites for hydroxylation is 2. The summed E-state index contributed by atoms with van der Waals surface area (Å²) in [4.78, 5) is 31.0. The van der Waals surface area contributed by atoms with Gasteiger partial charge in [0, 0.05) is 25.2 Å². The van der Waals surface area contributed by atoms with Gasteiger partial charge < -0.3 is 14.6 Å². The number of carboxylic acids is 1. The molecule has 2 aliphatic heterocycles. The van der Waals surface area contributed by atoms with E-state index in [4.69, 9.17) is 9.90 Å². The molecule has 1 aromatic heterocycles. The number of fused-ring (bicyclic) bond motifs is 1. The van der Waals surface area contributed by atoms with E-state index in [1.54, 1.807) is 0 Å². The highest BCUT2D eigenvalue weighted by atomic mass is 19.4. The number of alkyl halides is 3. The molecule has 2 aliphatic rings. The van der Waals surface area contributed by atoms with Crippen LogP contribution in [-0.4, -0.2) is 62.1 Å². The van der Waals surface area contributed by atoms with E-state index in [9.17, 15) is 18.0 Å². The maximum absolute atomic E-state index is 13.0. The summed E-state index contributed by atoms with van der Waals surface area (Å²) in [5.41, 5.74) is 4.27. The molecule has 0 bridgehead atoms. The molecule has 10 heteroatoms. The summed E-state index contributed by atoms with van der Waals surface area (Å²) in [5, 5.41) is 7.12. The molecule has 4 rings (SSSR count). The SMILES string of the molecule is Cc1cccc(C(=O)N2CCCn3cnc(CN4CCCC4)c3C2)c1.O=C(O)C(F)(F)F. The number of rotatable bonds is 3. The van der Waals surface area contributed by atoms with Crippen LogP contribution in [-0.2, 0) is 24.4 Å². The van der Waals surface area contributed by atoms with Gasteiger partial charge in [0.25, 0.3) is 5.91 Å². The molecule has 1 aromatic carbocycles. The van der Waals surface area contributed by atoms with Crippen LogP contribution in [0.3, 0.4) is 0 Å². The van der Waals surface area contributed by atoms with Gasteiger partial charge in [0.15, 0.2) is 0 Å². The first kappa shape index (κ1) is 23.8. The van der Waals surface area contributed by atoms with E-state index in [-0.39, 0.29) is 5.91 Å². The van der Waals surface area contributed by atoms with E-state index < -0.39 is 12.1 Å². The summed E-state index contributed by atoms with van der Waals surface area (Å²) in [6.07, 6.45) is 0.424. The predicted octanol–water partition coefficient (Wildman–Crippen LogP) is 3.47. The van der Waals surface area contributed by atoms with Crippen molar-refractivity contribution in [3.63, 3.8) is 0 Å². The molecule has 3 heterocycles. The molecule has 0 spiro atoms. The molecule has 174 valence electrons. The largest absolute Gasteiger partial charge is 0.490 e. The zero-order chi connectivity index (χ0) is 23.3. The van der Waals surface area contributed by atoms with Gasteiger partial charge in [0.2, 0.25) is 0 Å². The second-order valence-electron chi connectivity index (χ2n) is 8.07. The molecule has 32 heavy (non-hydrogen) atoms. The van der Waals surface area contributed by atoms with Gasteiger partial charge in [-0.2, -0.15) is 13.2 Å². The number of halogens is 3. The summed E-state index contributed by atoms with van der Waals surface area (Å²) in [5.74, 6) is -2.63. The average molecular weight is 452 g/mol. The molecule has 0 unspecified atom stereocenters. The van der Waals surface area contributed by atoms with Crippen molar-refractivity contribution in [1.82, 2.24) is 19.4 Å². The van der Waals surface area contributed by atoms with E-state index in [0.29, 0.717) is 6.54 Å². The van der Waals surface area contributed by atoms with E-state index in [1.807, 2.05) is 42.4 Å². The lowest BCUT2D eigenvalue weighted by molar-refractivity contribution is -0.192. The molecule has 0 saturated carbocycles. The fraction of sp³-hybridized carbons (Fsp3) is 0.500. The predicted molar refractivity (Wildman–Crippen MR) is 111 cm³/mol. The molecule has 1 fully saturated rings. The van der Waals surface area contributed by atoms with E-state index >= 15 is 0 Å². The Labute approximate surface area is 184 Å². The number of carboxylic acid groups (broad SMARTS) is 1. The topological polar surface area (TPSA) is 78.7 Å². The number of aliphatic carboxylic acids is 1. The standard InChI is InChI=1S/C20H26N4O.C2HF3O2/c1-16-6-4-7-17(12-16)20(25)23-10-5-11-24-15-21-18(19(24)14-23)13-22-8-2-3-9-22;3-2(4,5)1(6)7/h4,6-7,12,15H,2-3,5,8-11,13-14H2,1H3;(H,6,7). The molecule has 0 radical (unpaired) electrons. The number of carbonyl (C=O) groups excluding carboxylic acids is 1. The van der Waals surface area contributed by atoms with Crippen molar-refractivity contribution < 1.29 is 27.9 Å². The van der Waals surface area contributed by atoms with Crippen LogP contribution in [0.15, 0.2) is 30.6 Å². The average Bonchev–Trinajstić information content (AvgIpc) is 3.32. The fourth-order valence-corrected chi connectivity index (χ4v) is 3.93. The van der Waals surface area contributed by atoms with Crippen molar-refractivity contribution in [1.29, 1.82) is 0 Å². The summed E-state index contributed by atoms with van der Waals surface area (Å²) in [7, 11) is 0. The molecule has 0 aliphatic carbocycles. The third-order valence-electron chi connectivity index (χ3n) is 5.57. The summed E-state index contributed by atoms with van der Waals surface area (Å²) >= 11 is 0. The van der Waals surface area contributed by atoms with E-state index in [2.05, 4.69) is 14.5 Å². The number of carbonyl (C=O) groups is 2. The summed E-state index contributed by atoms with van der Waals surface area (Å²) in [6.45, 7) is 7.68. The first-order valence-electron chi connectivity index (χ1n) is 10.6. The Hall–Kier alpha value is -2.88. The third kappa shape index (κ3) is 6.09. The molecule has 1 saturated heterocycles. The van der Waals surface area contributed by atoms with Gasteiger partial charge in [0.05, 0.1) is 24.3 Å². The number of hydrogen-bond donors (Lipinski definition) is 1. The lowest BCUT2D eigenvalue weighted by Gasteiger charge is -2.22. The van der Waals surface area contributed by atoms with Gasteiger partial charge in [-0.15, -0.1) is 0 Å². The van der Waals surface area contributed by atoms with Crippen molar-refractivity contribution >= 4 is 11.9 Å². The highest BCUT2D eigenvalue weighted by Gasteiger charge is 2.38. The van der Waals surface area contributed by atoms with Crippen molar-refractivity contribution in [2.24, 2.45) is 0 Å². The minimum atomic E-state index is -5.08. The van der Waals surface area contributed by atoms with Crippen molar-refractivity contribution in [3.8, 4) is 0 Å². The van der Waals surface area contributed by atoms with Crippen LogP contribution in [0, 0.1) is 6.92 Å². The van der Waals surface area contributed by atoms with Crippen LogP contribution in [0.4, 0.5) is 13.2 Å². The number of nitrogens with zero attached hydrogens (tertiary/aromatic N) is 4. The first-order valence-corrected chi connectivity index (χ1v) is 10.6. The quantitative estimate of drug-likeness (QED) is 0.772. The fourth-order valence-electron chi connectivity index (χ4n) is 3.93. The van der Waals surface area contributed by atoms with Gasteiger partial charge in [-0.25, -0.2) is 9.78 Å². The number of likely N-dealkylation sites (tertiary alicyclic amines) is 1. The Morgan fingerprint density at radius 3 is 2.41 bits per heavy atom. The Morgan fingerprint density at radius 2 is 1.78 bits per heavy atom. The third-order valence-corrected chi connectivity index (χ3v) is 5.57. The minimum absolute atomic E-state index is 0.130. The number of amides is 1. The molecule has 0 atom stereocenters. The Kier molecular flexibility index (Phi) is 7.55. The molecule has 7 nitrogen and oxygen atoms in total. The first-order chi connectivity index (χ1) is 15.1. The summed E-state index contributed by atoms with van der Waals surface area (Å²) in [6, 6.07) is 7.89. The molecule has 1 N–H and O–H groups in total. The number of benzene rings is 1. The highest BCUT2D eigenvalue weighted by molar-refractivity contribution is 5.94. The maximum Gasteiger partial charge on any atom is 0.490 e. The van der Waals surface area contributed by atoms with Crippen LogP contribution in [0.2, 0.25) is 0 Å². The minimum Gasteiger partial charge on any atom is -0.475 e. The number of imidazole rings is 1. The van der Waals surface area contributed by atoms with E-state index in [0.717, 1.165) is 56.0 Å². The van der Waals surface area contributed by atoms with Crippen molar-refractivity contribution in [3.05, 3.63) is 53.1 Å². The summed E-state index contributed by atoms with van der Waals surface area (Å²) < 4.78 is 34.0. The van der Waals surface area contributed by atoms with Crippen LogP contribution < -0.4 is 0 Å². The highest BCUT2D eigenvalue weighted by Crippen LogP contribution is 2.21. The van der Waals surface area contributed by atoms with Crippen molar-refractivity contribution in [2.45, 2.75) is 52.0 Å². The smallest absolute Gasteiger partial charge is 0.475 e. The lowest BCUT2D eigenvalue weighted by Crippen LogP contribution is -2.31. The molecular formula is C22H27F3N4O3. The zero-order valence-electron chi connectivity index (χ0n) is 17.9. The van der Waals surface area contributed by atoms with Crippen LogP contribution in [0.25, 0.3) is 0 Å². The van der Waals surface area contributed by atoms with Gasteiger partial charge in [-0.3, -0.25) is 9.69 Å². The number of aromatic nitrogens is 2. The van der Waals surface area contributed by atoms with Gasteiger partial charge >= 0.3 is 12.1 Å². The Balaban J connectivity index is 0.000000360. The van der Waals surface area contributed by atoms with Crippen LogP contribution in [0.1, 0.15) is 46.6 Å². The van der Waals surface area contributed by atoms with E-state index in [1.165, 1.54) is 18.5 Å². The van der Waals surface area contributed by atoms with Gasteiger partial charge in [-0.1, -0.05) is 17.7 Å². The Bertz CT molecular complexity index is 952. The van der Waals surface area contributed by atoms with Crippen LogP contribution in [0.5, 0.6) is 0 Å². The number of hydrogen-bond acceptors (Lipinski definition) is 4. The van der Waals surface area contributed by atoms with Crippen LogP contribution >= 0.6 is 0 Å². The Morgan fingerprint density at radius 1 is 1.09 bits per heavy atom. The monoisotopic (exact) mass is 452 g/mol. The second kappa shape index (κ2) is 10.2. The lowest BCUT2D eigenvalue weighted by atomic mass is 10.1. The van der Waals surface area contributed by atoms with Gasteiger partial charge in [0.1, 0.15) is 0 Å².